The molecular weight excluding hydrogens is 246 g/mol. The highest BCUT2D eigenvalue weighted by Gasteiger charge is 2.25. The van der Waals surface area contributed by atoms with Crippen molar-refractivity contribution in [1.82, 2.24) is 5.32 Å². The van der Waals surface area contributed by atoms with Crippen molar-refractivity contribution in [1.29, 1.82) is 0 Å². The van der Waals surface area contributed by atoms with Crippen molar-refractivity contribution in [2.24, 2.45) is 0 Å². The van der Waals surface area contributed by atoms with Gasteiger partial charge >= 0.3 is 5.97 Å². The van der Waals surface area contributed by atoms with Crippen LogP contribution in [0.2, 0.25) is 0 Å². The van der Waals surface area contributed by atoms with Gasteiger partial charge in [-0.15, -0.1) is 0 Å². The molecule has 0 radical (unpaired) electrons. The number of nitrogens with one attached hydrogen (secondary N) is 1. The standard InChI is InChI=1S/C14H13NO4/c16-13(17)11-7-4-8-15-12(11)14(18)19-9-10-5-2-1-3-6-10/h1-8,12,15H,9H2,(H,16,17)/p-1. The Labute approximate surface area is 110 Å². The molecule has 5 nitrogen and oxygen atoms in total. The summed E-state index contributed by atoms with van der Waals surface area (Å²) in [5.41, 5.74) is 0.696. The first-order valence-corrected chi connectivity index (χ1v) is 5.73. The third-order valence-corrected chi connectivity index (χ3v) is 2.64. The maximum absolute atomic E-state index is 11.8. The van der Waals surface area contributed by atoms with Crippen molar-refractivity contribution < 1.29 is 19.4 Å². The molecule has 1 N–H and O–H groups in total. The van der Waals surface area contributed by atoms with E-state index in [1.807, 2.05) is 30.3 Å². The molecule has 0 aliphatic carbocycles. The van der Waals surface area contributed by atoms with Crippen molar-refractivity contribution in [2.45, 2.75) is 12.6 Å². The summed E-state index contributed by atoms with van der Waals surface area (Å²) in [6.07, 6.45) is 4.30. The number of ether oxygens (including phenoxy) is 1. The summed E-state index contributed by atoms with van der Waals surface area (Å²) in [4.78, 5) is 22.7. The molecule has 5 heteroatoms. The number of dihydropyridines is 1. The molecule has 1 atom stereocenters. The molecule has 1 heterocycles. The third-order valence-electron chi connectivity index (χ3n) is 2.64. The lowest BCUT2D eigenvalue weighted by molar-refractivity contribution is -0.299. The summed E-state index contributed by atoms with van der Waals surface area (Å²) < 4.78 is 5.08. The van der Waals surface area contributed by atoms with Gasteiger partial charge in [-0.3, -0.25) is 0 Å². The number of carboxylic acids is 1. The second-order valence-electron chi connectivity index (χ2n) is 3.96. The van der Waals surface area contributed by atoms with Crippen LogP contribution in [0, 0.1) is 0 Å². The van der Waals surface area contributed by atoms with E-state index in [0.717, 1.165) is 5.56 Å². The number of benzene rings is 1. The highest BCUT2D eigenvalue weighted by molar-refractivity contribution is 5.96. The predicted molar refractivity (Wildman–Crippen MR) is 65.4 cm³/mol. The number of carboxylic acid groups (broad SMARTS) is 1. The molecule has 0 spiro atoms. The monoisotopic (exact) mass is 258 g/mol. The summed E-state index contributed by atoms with van der Waals surface area (Å²) in [6, 6.07) is 8.12. The summed E-state index contributed by atoms with van der Waals surface area (Å²) in [5.74, 6) is -2.04. The van der Waals surface area contributed by atoms with E-state index < -0.39 is 18.0 Å². The summed E-state index contributed by atoms with van der Waals surface area (Å²) in [5, 5.41) is 13.5. The number of esters is 1. The number of hydrogen-bond acceptors (Lipinski definition) is 5. The van der Waals surface area contributed by atoms with Crippen LogP contribution in [0.1, 0.15) is 5.56 Å². The van der Waals surface area contributed by atoms with Gasteiger partial charge in [0.05, 0.1) is 5.97 Å². The molecular formula is C14H12NO4-. The minimum atomic E-state index is -1.39. The molecule has 1 aromatic rings. The van der Waals surface area contributed by atoms with Gasteiger partial charge in [0.2, 0.25) is 0 Å². The van der Waals surface area contributed by atoms with Crippen LogP contribution in [0.4, 0.5) is 0 Å². The predicted octanol–water partition coefficient (Wildman–Crippen LogP) is -0.108. The van der Waals surface area contributed by atoms with Crippen LogP contribution in [-0.4, -0.2) is 18.0 Å². The second-order valence-corrected chi connectivity index (χ2v) is 3.96. The minimum absolute atomic E-state index is 0.0991. The Morgan fingerprint density at radius 3 is 2.68 bits per heavy atom. The van der Waals surface area contributed by atoms with E-state index >= 15 is 0 Å². The quantitative estimate of drug-likeness (QED) is 0.762. The van der Waals surface area contributed by atoms with Crippen LogP contribution in [-0.2, 0) is 20.9 Å². The van der Waals surface area contributed by atoms with Crippen molar-refractivity contribution in [3.8, 4) is 0 Å². The fraction of sp³-hybridized carbons (Fsp3) is 0.143. The minimum Gasteiger partial charge on any atom is -0.545 e. The van der Waals surface area contributed by atoms with Crippen LogP contribution < -0.4 is 10.4 Å². The third kappa shape index (κ3) is 3.22. The van der Waals surface area contributed by atoms with Gasteiger partial charge in [0, 0.05) is 5.57 Å². The highest BCUT2D eigenvalue weighted by Crippen LogP contribution is 2.10. The number of carbonyl (C=O) groups is 2. The number of aliphatic carboxylic acids is 1. The zero-order valence-corrected chi connectivity index (χ0v) is 10.0. The topological polar surface area (TPSA) is 78.5 Å². The zero-order valence-electron chi connectivity index (χ0n) is 10.0. The molecule has 0 bridgehead atoms. The van der Waals surface area contributed by atoms with Gasteiger partial charge in [0.25, 0.3) is 0 Å². The lowest BCUT2D eigenvalue weighted by atomic mass is 10.1. The van der Waals surface area contributed by atoms with Crippen LogP contribution in [0.5, 0.6) is 0 Å². The molecule has 0 aromatic heterocycles. The molecule has 19 heavy (non-hydrogen) atoms. The van der Waals surface area contributed by atoms with Gasteiger partial charge in [0.15, 0.2) is 6.04 Å². The number of rotatable bonds is 4. The average molecular weight is 258 g/mol. The first kappa shape index (κ1) is 12.9. The summed E-state index contributed by atoms with van der Waals surface area (Å²) in [7, 11) is 0. The number of allylic oxidation sites excluding steroid dienone is 2. The lowest BCUT2D eigenvalue weighted by Crippen LogP contribution is -2.44. The van der Waals surface area contributed by atoms with Gasteiger partial charge in [-0.1, -0.05) is 36.4 Å². The average Bonchev–Trinajstić information content (AvgIpc) is 2.46. The highest BCUT2D eigenvalue weighted by atomic mass is 16.5. The smallest absolute Gasteiger partial charge is 0.333 e. The Bertz CT molecular complexity index is 534. The molecule has 2 rings (SSSR count). The van der Waals surface area contributed by atoms with E-state index in [1.54, 1.807) is 0 Å². The molecule has 0 fully saturated rings. The Morgan fingerprint density at radius 2 is 2.00 bits per heavy atom. The van der Waals surface area contributed by atoms with Gasteiger partial charge in [-0.2, -0.15) is 0 Å². The number of carbonyl (C=O) groups excluding carboxylic acids is 2. The maximum Gasteiger partial charge on any atom is 0.333 e. The summed E-state index contributed by atoms with van der Waals surface area (Å²) >= 11 is 0. The maximum atomic E-state index is 11.8. The van der Waals surface area contributed by atoms with E-state index in [1.165, 1.54) is 18.4 Å². The fourth-order valence-corrected chi connectivity index (χ4v) is 1.68. The van der Waals surface area contributed by atoms with Crippen LogP contribution in [0.15, 0.2) is 54.3 Å². The Balaban J connectivity index is 1.98. The molecule has 1 aliphatic rings. The van der Waals surface area contributed by atoms with Crippen molar-refractivity contribution in [2.75, 3.05) is 0 Å². The molecule has 1 unspecified atom stereocenters. The van der Waals surface area contributed by atoms with Crippen LogP contribution >= 0.6 is 0 Å². The van der Waals surface area contributed by atoms with Gasteiger partial charge in [-0.25, -0.2) is 4.79 Å². The van der Waals surface area contributed by atoms with Crippen LogP contribution in [0.25, 0.3) is 0 Å². The Kier molecular flexibility index (Phi) is 3.97. The lowest BCUT2D eigenvalue weighted by Gasteiger charge is -2.22. The van der Waals surface area contributed by atoms with Crippen LogP contribution in [0.3, 0.4) is 0 Å². The fourth-order valence-electron chi connectivity index (χ4n) is 1.68. The molecule has 1 aromatic carbocycles. The zero-order chi connectivity index (χ0) is 13.7. The van der Waals surface area contributed by atoms with Crippen molar-refractivity contribution in [3.05, 3.63) is 59.8 Å². The Hall–Kier alpha value is -2.56. The van der Waals surface area contributed by atoms with E-state index in [9.17, 15) is 14.7 Å². The van der Waals surface area contributed by atoms with E-state index in [2.05, 4.69) is 5.32 Å². The number of hydrogen-bond donors (Lipinski definition) is 1. The van der Waals surface area contributed by atoms with Crippen molar-refractivity contribution in [3.63, 3.8) is 0 Å². The van der Waals surface area contributed by atoms with Gasteiger partial charge < -0.3 is 20.0 Å². The molecule has 0 amide bonds. The molecule has 1 aliphatic heterocycles. The SMILES string of the molecule is O=C([O-])C1=CC=CNC1C(=O)OCc1ccccc1. The first-order chi connectivity index (χ1) is 9.18. The largest absolute Gasteiger partial charge is 0.545 e. The van der Waals surface area contributed by atoms with Gasteiger partial charge in [-0.05, 0) is 17.8 Å². The second kappa shape index (κ2) is 5.86. The first-order valence-electron chi connectivity index (χ1n) is 5.73. The van der Waals surface area contributed by atoms with E-state index in [-0.39, 0.29) is 12.2 Å². The normalized spacial score (nSPS) is 17.3. The van der Waals surface area contributed by atoms with Crippen molar-refractivity contribution >= 4 is 11.9 Å². The van der Waals surface area contributed by atoms with E-state index in [4.69, 9.17) is 4.74 Å². The van der Waals surface area contributed by atoms with Gasteiger partial charge in [0.1, 0.15) is 6.61 Å². The molecule has 0 saturated heterocycles. The molecule has 0 saturated carbocycles. The molecule has 98 valence electrons. The summed E-state index contributed by atoms with van der Waals surface area (Å²) in [6.45, 7) is 0.0991. The Morgan fingerprint density at radius 1 is 1.26 bits per heavy atom. The van der Waals surface area contributed by atoms with E-state index in [0.29, 0.717) is 0 Å².